The molecule has 1 aromatic carbocycles. The number of hydrogen-bond acceptors (Lipinski definition) is 5. The molecule has 0 fully saturated rings. The molecule has 0 unspecified atom stereocenters. The molecule has 0 heterocycles. The molecule has 136 valence electrons. The minimum Gasteiger partial charge on any atom is -0.466 e. The van der Waals surface area contributed by atoms with Gasteiger partial charge in [0.15, 0.2) is 0 Å². The smallest absolute Gasteiger partial charge is 0.305 e. The molecule has 0 radical (unpaired) electrons. The maximum absolute atomic E-state index is 11.7. The number of carbonyl (C=O) groups is 1. The molecule has 0 aliphatic rings. The zero-order valence-electron chi connectivity index (χ0n) is 15.3. The highest BCUT2D eigenvalue weighted by Crippen LogP contribution is 2.26. The molecule has 1 aromatic rings. The van der Waals surface area contributed by atoms with Crippen molar-refractivity contribution in [3.63, 3.8) is 0 Å². The summed E-state index contributed by atoms with van der Waals surface area (Å²) in [6.45, 7) is 6.78. The van der Waals surface area contributed by atoms with Crippen molar-refractivity contribution in [3.05, 3.63) is 35.9 Å². The number of esters is 1. The quantitative estimate of drug-likeness (QED) is 0.491. The van der Waals surface area contributed by atoms with E-state index in [0.29, 0.717) is 32.0 Å². The summed E-state index contributed by atoms with van der Waals surface area (Å²) in [6, 6.07) is 9.40. The van der Waals surface area contributed by atoms with Gasteiger partial charge in [-0.2, -0.15) is 5.06 Å². The Kier molecular flexibility index (Phi) is 9.60. The normalized spacial score (nSPS) is 14.0. The van der Waals surface area contributed by atoms with E-state index in [2.05, 4.69) is 13.8 Å². The standard InChI is InChI=1S/C19H31NO4/c1-5-24-19(21)12-11-17(13-15(2)3)20(22)18(14-23-4)16-9-7-6-8-10-16/h6-10,15,17-18,22H,5,11-14H2,1-4H3/t17-,18-/m1/s1. The Morgan fingerprint density at radius 2 is 1.92 bits per heavy atom. The number of nitrogens with zero attached hydrogens (tertiary/aromatic N) is 1. The zero-order valence-corrected chi connectivity index (χ0v) is 15.3. The van der Waals surface area contributed by atoms with Crippen LogP contribution in [0, 0.1) is 5.92 Å². The van der Waals surface area contributed by atoms with Crippen LogP contribution in [0.4, 0.5) is 0 Å². The van der Waals surface area contributed by atoms with E-state index in [4.69, 9.17) is 9.47 Å². The van der Waals surface area contributed by atoms with Gasteiger partial charge in [0.25, 0.3) is 0 Å². The largest absolute Gasteiger partial charge is 0.466 e. The Labute approximate surface area is 145 Å². The van der Waals surface area contributed by atoms with Gasteiger partial charge in [-0.25, -0.2) is 0 Å². The van der Waals surface area contributed by atoms with E-state index >= 15 is 0 Å². The Bertz CT molecular complexity index is 464. The molecule has 0 spiro atoms. The first-order chi connectivity index (χ1) is 11.5. The van der Waals surface area contributed by atoms with Gasteiger partial charge in [0.2, 0.25) is 0 Å². The van der Waals surface area contributed by atoms with Crippen LogP contribution in [-0.2, 0) is 14.3 Å². The number of hydrogen-bond donors (Lipinski definition) is 1. The molecule has 0 aromatic heterocycles. The van der Waals surface area contributed by atoms with E-state index in [1.54, 1.807) is 14.0 Å². The lowest BCUT2D eigenvalue weighted by molar-refractivity contribution is -0.180. The first kappa shape index (κ1) is 20.6. The predicted octanol–water partition coefficient (Wildman–Crippen LogP) is 3.82. The van der Waals surface area contributed by atoms with Crippen LogP contribution in [0.2, 0.25) is 0 Å². The van der Waals surface area contributed by atoms with Crippen LogP contribution in [-0.4, -0.2) is 42.6 Å². The van der Waals surface area contributed by atoms with E-state index in [0.717, 1.165) is 12.0 Å². The van der Waals surface area contributed by atoms with Crippen LogP contribution in [0.1, 0.15) is 51.6 Å². The van der Waals surface area contributed by atoms with Crippen LogP contribution in [0.15, 0.2) is 30.3 Å². The monoisotopic (exact) mass is 337 g/mol. The van der Waals surface area contributed by atoms with Crippen molar-refractivity contribution >= 4 is 5.97 Å². The minimum absolute atomic E-state index is 0.130. The lowest BCUT2D eigenvalue weighted by atomic mass is 9.97. The minimum atomic E-state index is -0.262. The SMILES string of the molecule is CCOC(=O)CC[C@H](CC(C)C)N(O)[C@H](COC)c1ccccc1. The third-order valence-electron chi connectivity index (χ3n) is 3.93. The van der Waals surface area contributed by atoms with Gasteiger partial charge in [0, 0.05) is 19.6 Å². The van der Waals surface area contributed by atoms with Gasteiger partial charge in [-0.05, 0) is 31.2 Å². The summed E-state index contributed by atoms with van der Waals surface area (Å²) < 4.78 is 10.3. The second-order valence-corrected chi connectivity index (χ2v) is 6.39. The van der Waals surface area contributed by atoms with E-state index in [9.17, 15) is 10.0 Å². The van der Waals surface area contributed by atoms with Crippen molar-refractivity contribution in [2.75, 3.05) is 20.3 Å². The highest BCUT2D eigenvalue weighted by molar-refractivity contribution is 5.69. The van der Waals surface area contributed by atoms with Gasteiger partial charge < -0.3 is 14.7 Å². The molecule has 1 N–H and O–H groups in total. The van der Waals surface area contributed by atoms with Crippen LogP contribution >= 0.6 is 0 Å². The van der Waals surface area contributed by atoms with Crippen LogP contribution in [0.5, 0.6) is 0 Å². The molecule has 0 amide bonds. The average Bonchev–Trinajstić information content (AvgIpc) is 2.56. The van der Waals surface area contributed by atoms with Gasteiger partial charge in [-0.1, -0.05) is 44.2 Å². The number of carbonyl (C=O) groups excluding carboxylic acids is 1. The summed E-state index contributed by atoms with van der Waals surface area (Å²) >= 11 is 0. The van der Waals surface area contributed by atoms with Crippen molar-refractivity contribution in [3.8, 4) is 0 Å². The Morgan fingerprint density at radius 3 is 2.46 bits per heavy atom. The molecular formula is C19H31NO4. The first-order valence-corrected chi connectivity index (χ1v) is 8.66. The third kappa shape index (κ3) is 6.99. The fourth-order valence-electron chi connectivity index (χ4n) is 2.83. The van der Waals surface area contributed by atoms with Crippen LogP contribution < -0.4 is 0 Å². The summed E-state index contributed by atoms with van der Waals surface area (Å²) in [5.74, 6) is 0.188. The van der Waals surface area contributed by atoms with Crippen LogP contribution in [0.3, 0.4) is 0 Å². The van der Waals surface area contributed by atoms with Gasteiger partial charge in [-0.15, -0.1) is 0 Å². The fourth-order valence-corrected chi connectivity index (χ4v) is 2.83. The van der Waals surface area contributed by atoms with Crippen molar-refractivity contribution < 1.29 is 19.5 Å². The van der Waals surface area contributed by atoms with Crippen LogP contribution in [0.25, 0.3) is 0 Å². The molecule has 5 nitrogen and oxygen atoms in total. The summed E-state index contributed by atoms with van der Waals surface area (Å²) in [7, 11) is 1.62. The van der Waals surface area contributed by atoms with E-state index in [1.165, 1.54) is 5.06 Å². The number of hydroxylamine groups is 2. The number of methoxy groups -OCH3 is 1. The summed E-state index contributed by atoms with van der Waals surface area (Å²) in [5.41, 5.74) is 0.992. The molecule has 0 bridgehead atoms. The maximum Gasteiger partial charge on any atom is 0.305 e. The summed E-state index contributed by atoms with van der Waals surface area (Å²) in [4.78, 5) is 11.7. The van der Waals surface area contributed by atoms with E-state index < -0.39 is 0 Å². The van der Waals surface area contributed by atoms with Crippen molar-refractivity contribution in [2.24, 2.45) is 5.92 Å². The van der Waals surface area contributed by atoms with E-state index in [1.807, 2.05) is 30.3 Å². The highest BCUT2D eigenvalue weighted by atomic mass is 16.5. The first-order valence-electron chi connectivity index (χ1n) is 8.66. The Hall–Kier alpha value is -1.43. The van der Waals surface area contributed by atoms with Gasteiger partial charge in [0.05, 0.1) is 19.3 Å². The molecule has 2 atom stereocenters. The molecule has 0 aliphatic carbocycles. The lowest BCUT2D eigenvalue weighted by Gasteiger charge is -2.34. The fraction of sp³-hybridized carbons (Fsp3) is 0.632. The summed E-state index contributed by atoms with van der Waals surface area (Å²) in [6.07, 6.45) is 1.65. The topological polar surface area (TPSA) is 59.0 Å². The van der Waals surface area contributed by atoms with Crippen molar-refractivity contribution in [1.29, 1.82) is 0 Å². The van der Waals surface area contributed by atoms with E-state index in [-0.39, 0.29) is 18.1 Å². The molecule has 5 heteroatoms. The molecule has 0 aliphatic heterocycles. The highest BCUT2D eigenvalue weighted by Gasteiger charge is 2.27. The molecule has 0 saturated carbocycles. The van der Waals surface area contributed by atoms with Crippen molar-refractivity contribution in [1.82, 2.24) is 5.06 Å². The van der Waals surface area contributed by atoms with Crippen molar-refractivity contribution in [2.45, 2.75) is 52.1 Å². The second-order valence-electron chi connectivity index (χ2n) is 6.39. The number of ether oxygens (including phenoxy) is 2. The maximum atomic E-state index is 11.7. The Balaban J connectivity index is 2.85. The Morgan fingerprint density at radius 1 is 1.25 bits per heavy atom. The molecule has 24 heavy (non-hydrogen) atoms. The second kappa shape index (κ2) is 11.2. The number of rotatable bonds is 11. The summed E-state index contributed by atoms with van der Waals surface area (Å²) in [5, 5.41) is 12.2. The molecular weight excluding hydrogens is 306 g/mol. The molecule has 1 rings (SSSR count). The lowest BCUT2D eigenvalue weighted by Crippen LogP contribution is -2.39. The number of benzene rings is 1. The zero-order chi connectivity index (χ0) is 17.9. The van der Waals surface area contributed by atoms with Gasteiger partial charge >= 0.3 is 5.97 Å². The third-order valence-corrected chi connectivity index (χ3v) is 3.93. The van der Waals surface area contributed by atoms with Gasteiger partial charge in [-0.3, -0.25) is 4.79 Å². The average molecular weight is 337 g/mol. The molecule has 0 saturated heterocycles. The predicted molar refractivity (Wildman–Crippen MR) is 93.8 cm³/mol. The van der Waals surface area contributed by atoms with Gasteiger partial charge in [0.1, 0.15) is 0 Å².